The van der Waals surface area contributed by atoms with E-state index in [0.29, 0.717) is 34.4 Å². The molecule has 0 aliphatic heterocycles. The summed E-state index contributed by atoms with van der Waals surface area (Å²) in [7, 11) is 3.13. The van der Waals surface area contributed by atoms with E-state index in [-0.39, 0.29) is 5.91 Å². The van der Waals surface area contributed by atoms with Crippen LogP contribution in [0.25, 0.3) is 11.4 Å². The second-order valence-corrected chi connectivity index (χ2v) is 7.39. The highest BCUT2D eigenvalue weighted by molar-refractivity contribution is 6.04. The van der Waals surface area contributed by atoms with Crippen molar-refractivity contribution in [3.05, 3.63) is 90.1 Å². The van der Waals surface area contributed by atoms with Gasteiger partial charge in [0.1, 0.15) is 17.3 Å². The molecule has 1 amide bonds. The number of nitrogens with zero attached hydrogens (tertiary/aromatic N) is 2. The number of rotatable bonds is 7. The minimum Gasteiger partial charge on any atom is -0.497 e. The maximum absolute atomic E-state index is 12.7. The van der Waals surface area contributed by atoms with Crippen molar-refractivity contribution in [2.75, 3.05) is 24.9 Å². The molecule has 0 fully saturated rings. The predicted octanol–water partition coefficient (Wildman–Crippen LogP) is 5.47. The van der Waals surface area contributed by atoms with Gasteiger partial charge >= 0.3 is 0 Å². The average molecular weight is 441 g/mol. The fourth-order valence-corrected chi connectivity index (χ4v) is 3.21. The van der Waals surface area contributed by atoms with E-state index in [1.807, 2.05) is 43.3 Å². The van der Waals surface area contributed by atoms with Gasteiger partial charge in [-0.3, -0.25) is 4.79 Å². The zero-order chi connectivity index (χ0) is 23.2. The van der Waals surface area contributed by atoms with E-state index < -0.39 is 0 Å². The minimum atomic E-state index is -0.236. The molecular formula is C26H24N4O3. The van der Waals surface area contributed by atoms with Gasteiger partial charge in [0.25, 0.3) is 5.91 Å². The van der Waals surface area contributed by atoms with Crippen molar-refractivity contribution >= 4 is 23.1 Å². The molecule has 3 aromatic carbocycles. The van der Waals surface area contributed by atoms with Gasteiger partial charge in [-0.15, -0.1) is 0 Å². The van der Waals surface area contributed by atoms with Gasteiger partial charge in [0.2, 0.25) is 0 Å². The number of amides is 1. The normalized spacial score (nSPS) is 10.4. The lowest BCUT2D eigenvalue weighted by Gasteiger charge is -2.11. The van der Waals surface area contributed by atoms with Crippen molar-refractivity contribution in [1.29, 1.82) is 0 Å². The van der Waals surface area contributed by atoms with Crippen molar-refractivity contribution in [3.63, 3.8) is 0 Å². The van der Waals surface area contributed by atoms with Crippen LogP contribution in [-0.2, 0) is 0 Å². The molecule has 0 atom stereocenters. The van der Waals surface area contributed by atoms with Crippen LogP contribution in [0.15, 0.2) is 79.0 Å². The highest BCUT2D eigenvalue weighted by Gasteiger charge is 2.09. The van der Waals surface area contributed by atoms with Crippen LogP contribution in [0.3, 0.4) is 0 Å². The lowest BCUT2D eigenvalue weighted by Crippen LogP contribution is -2.12. The quantitative estimate of drug-likeness (QED) is 0.397. The Hall–Kier alpha value is -4.39. The Balaban J connectivity index is 1.45. The summed E-state index contributed by atoms with van der Waals surface area (Å²) < 4.78 is 10.5. The van der Waals surface area contributed by atoms with Crippen LogP contribution in [0.5, 0.6) is 11.5 Å². The zero-order valence-electron chi connectivity index (χ0n) is 18.6. The van der Waals surface area contributed by atoms with Crippen LogP contribution in [-0.4, -0.2) is 30.1 Å². The molecule has 0 saturated carbocycles. The molecule has 0 saturated heterocycles. The summed E-state index contributed by atoms with van der Waals surface area (Å²) >= 11 is 0. The molecule has 0 bridgehead atoms. The maximum Gasteiger partial charge on any atom is 0.255 e. The van der Waals surface area contributed by atoms with Gasteiger partial charge in [-0.1, -0.05) is 29.8 Å². The Morgan fingerprint density at radius 1 is 0.818 bits per heavy atom. The Morgan fingerprint density at radius 3 is 2.12 bits per heavy atom. The largest absolute Gasteiger partial charge is 0.497 e. The summed E-state index contributed by atoms with van der Waals surface area (Å²) in [5, 5.41) is 6.12. The topological polar surface area (TPSA) is 85.4 Å². The van der Waals surface area contributed by atoms with Crippen LogP contribution in [0.4, 0.5) is 17.2 Å². The number of carbonyl (C=O) groups excluding carboxylic acids is 1. The molecule has 7 nitrogen and oxygen atoms in total. The molecule has 4 aromatic rings. The number of methoxy groups -OCH3 is 2. The number of benzene rings is 3. The van der Waals surface area contributed by atoms with Gasteiger partial charge in [0, 0.05) is 46.9 Å². The number of anilines is 3. The van der Waals surface area contributed by atoms with Crippen LogP contribution < -0.4 is 20.1 Å². The van der Waals surface area contributed by atoms with Crippen molar-refractivity contribution in [2.24, 2.45) is 0 Å². The Labute approximate surface area is 192 Å². The molecule has 33 heavy (non-hydrogen) atoms. The Kier molecular flexibility index (Phi) is 6.50. The van der Waals surface area contributed by atoms with Crippen molar-refractivity contribution in [3.8, 4) is 22.9 Å². The van der Waals surface area contributed by atoms with Gasteiger partial charge in [0.05, 0.1) is 14.2 Å². The third-order valence-corrected chi connectivity index (χ3v) is 4.99. The first kappa shape index (κ1) is 21.8. The predicted molar refractivity (Wildman–Crippen MR) is 129 cm³/mol. The second-order valence-electron chi connectivity index (χ2n) is 7.39. The number of hydrogen-bond donors (Lipinski definition) is 2. The van der Waals surface area contributed by atoms with Gasteiger partial charge < -0.3 is 20.1 Å². The molecule has 0 unspecified atom stereocenters. The lowest BCUT2D eigenvalue weighted by molar-refractivity contribution is 0.102. The fourth-order valence-electron chi connectivity index (χ4n) is 3.21. The number of hydrogen-bond acceptors (Lipinski definition) is 6. The molecular weight excluding hydrogens is 416 g/mol. The molecule has 4 rings (SSSR count). The van der Waals surface area contributed by atoms with Crippen molar-refractivity contribution in [1.82, 2.24) is 9.97 Å². The summed E-state index contributed by atoms with van der Waals surface area (Å²) in [4.78, 5) is 21.6. The number of nitrogens with one attached hydrogen (secondary N) is 2. The van der Waals surface area contributed by atoms with Crippen LogP contribution >= 0.6 is 0 Å². The van der Waals surface area contributed by atoms with Gasteiger partial charge in [-0.2, -0.15) is 0 Å². The van der Waals surface area contributed by atoms with Crippen molar-refractivity contribution in [2.45, 2.75) is 6.92 Å². The monoisotopic (exact) mass is 440 g/mol. The summed E-state index contributed by atoms with van der Waals surface area (Å²) in [6.45, 7) is 2.04. The molecule has 0 aliphatic carbocycles. The molecule has 0 spiro atoms. The first-order valence-electron chi connectivity index (χ1n) is 10.4. The first-order chi connectivity index (χ1) is 16.0. The standard InChI is InChI=1S/C26H24N4O3/c1-17-4-6-18(7-5-17)25-27-13-12-24(30-25)28-20-10-8-19(9-11-20)26(31)29-21-14-22(32-2)16-23(15-21)33-3/h4-16H,1-3H3,(H,29,31)(H,27,28,30). The van der Waals surface area contributed by atoms with E-state index in [1.54, 1.807) is 56.8 Å². The molecule has 166 valence electrons. The third-order valence-electron chi connectivity index (χ3n) is 4.99. The number of ether oxygens (including phenoxy) is 2. The van der Waals surface area contributed by atoms with E-state index in [1.165, 1.54) is 5.56 Å². The molecule has 7 heteroatoms. The minimum absolute atomic E-state index is 0.236. The zero-order valence-corrected chi connectivity index (χ0v) is 18.6. The Morgan fingerprint density at radius 2 is 1.48 bits per heavy atom. The molecule has 1 heterocycles. The van der Waals surface area contributed by atoms with Crippen molar-refractivity contribution < 1.29 is 14.3 Å². The van der Waals surface area contributed by atoms with E-state index in [9.17, 15) is 4.79 Å². The molecule has 2 N–H and O–H groups in total. The summed E-state index contributed by atoms with van der Waals surface area (Å²) in [6.07, 6.45) is 1.72. The molecule has 0 radical (unpaired) electrons. The van der Waals surface area contributed by atoms with E-state index >= 15 is 0 Å². The maximum atomic E-state index is 12.7. The lowest BCUT2D eigenvalue weighted by atomic mass is 10.1. The highest BCUT2D eigenvalue weighted by Crippen LogP contribution is 2.26. The fraction of sp³-hybridized carbons (Fsp3) is 0.115. The highest BCUT2D eigenvalue weighted by atomic mass is 16.5. The third kappa shape index (κ3) is 5.46. The van der Waals surface area contributed by atoms with Gasteiger partial charge in [-0.05, 0) is 37.3 Å². The van der Waals surface area contributed by atoms with E-state index in [4.69, 9.17) is 9.47 Å². The molecule has 1 aromatic heterocycles. The van der Waals surface area contributed by atoms with Crippen LogP contribution in [0.1, 0.15) is 15.9 Å². The average Bonchev–Trinajstić information content (AvgIpc) is 2.84. The SMILES string of the molecule is COc1cc(NC(=O)c2ccc(Nc3ccnc(-c4ccc(C)cc4)n3)cc2)cc(OC)c1. The summed E-state index contributed by atoms with van der Waals surface area (Å²) in [5.74, 6) is 2.27. The van der Waals surface area contributed by atoms with Crippen LogP contribution in [0.2, 0.25) is 0 Å². The summed E-state index contributed by atoms with van der Waals surface area (Å²) in [6, 6.07) is 22.2. The molecule has 0 aliphatic rings. The first-order valence-corrected chi connectivity index (χ1v) is 10.4. The summed E-state index contributed by atoms with van der Waals surface area (Å²) in [5.41, 5.74) is 4.05. The van der Waals surface area contributed by atoms with E-state index in [0.717, 1.165) is 11.3 Å². The number of aryl methyl sites for hydroxylation is 1. The van der Waals surface area contributed by atoms with E-state index in [2.05, 4.69) is 20.6 Å². The Bertz CT molecular complexity index is 1230. The number of aromatic nitrogens is 2. The van der Waals surface area contributed by atoms with Crippen LogP contribution in [0, 0.1) is 6.92 Å². The second kappa shape index (κ2) is 9.82. The van der Waals surface area contributed by atoms with Gasteiger partial charge in [0.15, 0.2) is 5.82 Å². The smallest absolute Gasteiger partial charge is 0.255 e. The number of carbonyl (C=O) groups is 1. The van der Waals surface area contributed by atoms with Gasteiger partial charge in [-0.25, -0.2) is 9.97 Å².